The molecule has 1 unspecified atom stereocenters. The fourth-order valence-electron chi connectivity index (χ4n) is 3.55. The zero-order chi connectivity index (χ0) is 23.0. The van der Waals surface area contributed by atoms with Crippen LogP contribution in [0.15, 0.2) is 47.6 Å². The van der Waals surface area contributed by atoms with Crippen molar-refractivity contribution >= 4 is 56.6 Å². The maximum Gasteiger partial charge on any atom is 0.349 e. The number of carbonyl (C=O) groups is 4. The molecular formula is C21H18N6O4S. The van der Waals surface area contributed by atoms with Gasteiger partial charge in [0.1, 0.15) is 16.6 Å². The topological polar surface area (TPSA) is 147 Å². The van der Waals surface area contributed by atoms with Gasteiger partial charge in [-0.3, -0.25) is 19.8 Å². The summed E-state index contributed by atoms with van der Waals surface area (Å²) in [6.07, 6.45) is 0. The summed E-state index contributed by atoms with van der Waals surface area (Å²) >= 11 is 1.17. The number of nitrogens with one attached hydrogen (secondary N) is 2. The number of hydrazone groups is 1. The van der Waals surface area contributed by atoms with E-state index in [1.165, 1.54) is 11.3 Å². The highest BCUT2D eigenvalue weighted by atomic mass is 32.1. The van der Waals surface area contributed by atoms with Crippen LogP contribution in [0.3, 0.4) is 0 Å². The second-order valence-corrected chi connectivity index (χ2v) is 8.15. The normalized spacial score (nSPS) is 17.8. The van der Waals surface area contributed by atoms with E-state index in [1.54, 1.807) is 44.2 Å². The van der Waals surface area contributed by atoms with Crippen molar-refractivity contribution in [1.82, 2.24) is 15.8 Å². The number of urea groups is 1. The number of hydrogen-bond acceptors (Lipinski definition) is 8. The van der Waals surface area contributed by atoms with Gasteiger partial charge in [-0.15, -0.1) is 11.3 Å². The van der Waals surface area contributed by atoms with E-state index in [1.807, 2.05) is 17.6 Å². The van der Waals surface area contributed by atoms with Crippen LogP contribution in [0.5, 0.6) is 0 Å². The minimum absolute atomic E-state index is 0.229. The number of aromatic nitrogens is 1. The van der Waals surface area contributed by atoms with Gasteiger partial charge in [-0.1, -0.05) is 30.3 Å². The monoisotopic (exact) mass is 450 g/mol. The SMILES string of the molecule is Cc1cccc(C)c1N1C(=O)C(=O)C(c2nc3ccccc3s2)C(=NNC(=O)NN)C1=O. The van der Waals surface area contributed by atoms with Crippen LogP contribution >= 0.6 is 11.3 Å². The Morgan fingerprint density at radius 2 is 1.75 bits per heavy atom. The van der Waals surface area contributed by atoms with E-state index in [0.717, 1.165) is 9.60 Å². The van der Waals surface area contributed by atoms with Crippen LogP contribution in [0.2, 0.25) is 0 Å². The van der Waals surface area contributed by atoms with E-state index >= 15 is 0 Å². The predicted octanol–water partition coefficient (Wildman–Crippen LogP) is 1.67. The predicted molar refractivity (Wildman–Crippen MR) is 119 cm³/mol. The van der Waals surface area contributed by atoms with Gasteiger partial charge in [0.15, 0.2) is 0 Å². The number of hydrazine groups is 1. The fraction of sp³-hybridized carbons (Fsp3) is 0.143. The first kappa shape index (κ1) is 21.3. The Bertz CT molecular complexity index is 1260. The standard InChI is InChI=1S/C21H18N6O4S/c1-10-6-5-7-11(2)16(10)27-19(29)15(25-26-21(31)24-22)14(17(28)20(27)30)18-23-12-8-3-4-9-13(12)32-18/h3-9,14H,22H2,1-2H3,(H2,24,26,31). The lowest BCUT2D eigenvalue weighted by Gasteiger charge is -2.30. The van der Waals surface area contributed by atoms with Crippen LogP contribution in [0, 0.1) is 13.8 Å². The molecule has 2 heterocycles. The minimum atomic E-state index is -1.36. The van der Waals surface area contributed by atoms with Crippen LogP contribution in [-0.2, 0) is 14.4 Å². The molecular weight excluding hydrogens is 432 g/mol. The van der Waals surface area contributed by atoms with Gasteiger partial charge in [-0.25, -0.2) is 25.9 Å². The number of rotatable bonds is 3. The molecule has 4 amide bonds. The molecule has 10 nitrogen and oxygen atoms in total. The summed E-state index contributed by atoms with van der Waals surface area (Å²) in [5, 5.41) is 4.09. The smallest absolute Gasteiger partial charge is 0.287 e. The molecule has 0 aliphatic carbocycles. The van der Waals surface area contributed by atoms with E-state index in [4.69, 9.17) is 5.84 Å². The van der Waals surface area contributed by atoms with Crippen molar-refractivity contribution in [3.63, 3.8) is 0 Å². The number of thiazole rings is 1. The molecule has 0 saturated carbocycles. The van der Waals surface area contributed by atoms with Crippen molar-refractivity contribution in [3.05, 3.63) is 58.6 Å². The average molecular weight is 450 g/mol. The van der Waals surface area contributed by atoms with E-state index < -0.39 is 29.5 Å². The number of hydrogen-bond donors (Lipinski definition) is 3. The molecule has 162 valence electrons. The lowest BCUT2D eigenvalue weighted by molar-refractivity contribution is -0.139. The second kappa shape index (κ2) is 8.29. The molecule has 1 saturated heterocycles. The molecule has 11 heteroatoms. The summed E-state index contributed by atoms with van der Waals surface area (Å²) in [5.74, 6) is 1.03. The van der Waals surface area contributed by atoms with Crippen molar-refractivity contribution in [3.8, 4) is 0 Å². The van der Waals surface area contributed by atoms with E-state index in [2.05, 4.69) is 15.5 Å². The van der Waals surface area contributed by atoms with Crippen molar-refractivity contribution in [1.29, 1.82) is 0 Å². The van der Waals surface area contributed by atoms with Crippen LogP contribution in [-0.4, -0.2) is 34.3 Å². The summed E-state index contributed by atoms with van der Waals surface area (Å²) in [4.78, 5) is 56.7. The van der Waals surface area contributed by atoms with Gasteiger partial charge in [0, 0.05) is 0 Å². The van der Waals surface area contributed by atoms with Gasteiger partial charge in [-0.05, 0) is 37.1 Å². The largest absolute Gasteiger partial charge is 0.349 e. The molecule has 1 aromatic heterocycles. The first-order valence-electron chi connectivity index (χ1n) is 9.52. The molecule has 2 aromatic carbocycles. The van der Waals surface area contributed by atoms with Gasteiger partial charge in [0.05, 0.1) is 15.9 Å². The molecule has 1 fully saturated rings. The zero-order valence-corrected chi connectivity index (χ0v) is 17.9. The highest BCUT2D eigenvalue weighted by Crippen LogP contribution is 2.35. The van der Waals surface area contributed by atoms with Crippen molar-refractivity contribution < 1.29 is 19.2 Å². The first-order valence-corrected chi connectivity index (χ1v) is 10.3. The number of ketones is 1. The third kappa shape index (κ3) is 3.53. The highest BCUT2D eigenvalue weighted by molar-refractivity contribution is 7.19. The molecule has 0 radical (unpaired) electrons. The van der Waals surface area contributed by atoms with Gasteiger partial charge in [-0.2, -0.15) is 5.10 Å². The van der Waals surface area contributed by atoms with Crippen molar-refractivity contribution in [2.75, 3.05) is 4.90 Å². The van der Waals surface area contributed by atoms with Gasteiger partial charge in [0.25, 0.3) is 5.91 Å². The van der Waals surface area contributed by atoms with Gasteiger partial charge >= 0.3 is 11.9 Å². The number of nitrogens with zero attached hydrogens (tertiary/aromatic N) is 3. The molecule has 32 heavy (non-hydrogen) atoms. The Balaban J connectivity index is 1.87. The number of fused-ring (bicyclic) bond motifs is 1. The van der Waals surface area contributed by atoms with Crippen LogP contribution in [0.1, 0.15) is 22.1 Å². The van der Waals surface area contributed by atoms with Crippen molar-refractivity contribution in [2.45, 2.75) is 19.8 Å². The Morgan fingerprint density at radius 1 is 1.06 bits per heavy atom. The van der Waals surface area contributed by atoms with Crippen LogP contribution < -0.4 is 21.6 Å². The first-order chi connectivity index (χ1) is 15.3. The molecule has 4 rings (SSSR count). The molecule has 1 aliphatic rings. The Labute approximate surface area is 186 Å². The van der Waals surface area contributed by atoms with Gasteiger partial charge < -0.3 is 0 Å². The number of Topliss-reactive ketones (excluding diaryl/α,β-unsaturated/α-hetero) is 1. The summed E-state index contributed by atoms with van der Waals surface area (Å²) in [6.45, 7) is 3.45. The number of aryl methyl sites for hydroxylation is 2. The Kier molecular flexibility index (Phi) is 5.51. The molecule has 1 atom stereocenters. The highest BCUT2D eigenvalue weighted by Gasteiger charge is 2.49. The number of amides is 4. The fourth-order valence-corrected chi connectivity index (χ4v) is 4.62. The molecule has 0 spiro atoms. The van der Waals surface area contributed by atoms with Crippen LogP contribution in [0.4, 0.5) is 10.5 Å². The number of piperidine rings is 1. The molecule has 0 bridgehead atoms. The summed E-state index contributed by atoms with van der Waals surface area (Å²) in [5.41, 5.74) is 5.75. The summed E-state index contributed by atoms with van der Waals surface area (Å²) in [7, 11) is 0. The van der Waals surface area contributed by atoms with Crippen LogP contribution in [0.25, 0.3) is 10.2 Å². The molecule has 1 aliphatic heterocycles. The van der Waals surface area contributed by atoms with Gasteiger partial charge in [0.2, 0.25) is 5.78 Å². The average Bonchev–Trinajstić information content (AvgIpc) is 3.20. The number of anilines is 1. The molecule has 3 aromatic rings. The van der Waals surface area contributed by atoms with Crippen molar-refractivity contribution in [2.24, 2.45) is 10.9 Å². The third-order valence-corrected chi connectivity index (χ3v) is 6.10. The van der Waals surface area contributed by atoms with E-state index in [-0.39, 0.29) is 10.7 Å². The number of nitrogens with two attached hydrogens (primary N) is 1. The Hall–Kier alpha value is -3.96. The lowest BCUT2D eigenvalue weighted by Crippen LogP contribution is -2.56. The summed E-state index contributed by atoms with van der Waals surface area (Å²) < 4.78 is 0.777. The Morgan fingerprint density at radius 3 is 2.41 bits per heavy atom. The number of carbonyl (C=O) groups excluding carboxylic acids is 4. The van der Waals surface area contributed by atoms with E-state index in [0.29, 0.717) is 22.3 Å². The second-order valence-electron chi connectivity index (χ2n) is 7.09. The lowest BCUT2D eigenvalue weighted by atomic mass is 9.91. The number of para-hydroxylation sites is 2. The minimum Gasteiger partial charge on any atom is -0.287 e. The van der Waals surface area contributed by atoms with E-state index in [9.17, 15) is 19.2 Å². The zero-order valence-electron chi connectivity index (χ0n) is 17.1. The maximum absolute atomic E-state index is 13.5. The number of imide groups is 1. The molecule has 4 N–H and O–H groups in total. The third-order valence-electron chi connectivity index (χ3n) is 5.00. The summed E-state index contributed by atoms with van der Waals surface area (Å²) in [6, 6.07) is 11.5. The maximum atomic E-state index is 13.5. The number of benzene rings is 2. The quantitative estimate of drug-likeness (QED) is 0.182.